The van der Waals surface area contributed by atoms with Gasteiger partial charge in [-0.3, -0.25) is 4.79 Å². The van der Waals surface area contributed by atoms with E-state index in [1.54, 1.807) is 23.2 Å². The summed E-state index contributed by atoms with van der Waals surface area (Å²) in [4.78, 5) is 24.4. The van der Waals surface area contributed by atoms with Crippen molar-refractivity contribution in [2.75, 3.05) is 31.1 Å². The van der Waals surface area contributed by atoms with E-state index in [4.69, 9.17) is 0 Å². The number of halogens is 3. The predicted molar refractivity (Wildman–Crippen MR) is 95.1 cm³/mol. The van der Waals surface area contributed by atoms with Crippen molar-refractivity contribution in [2.45, 2.75) is 13.1 Å². The minimum Gasteiger partial charge on any atom is -0.368 e. The van der Waals surface area contributed by atoms with E-state index in [0.717, 1.165) is 17.8 Å². The highest BCUT2D eigenvalue weighted by Crippen LogP contribution is 2.31. The molecule has 3 aromatic rings. The summed E-state index contributed by atoms with van der Waals surface area (Å²) < 4.78 is 40.2. The summed E-state index contributed by atoms with van der Waals surface area (Å²) in [5.74, 6) is 0.105. The van der Waals surface area contributed by atoms with Crippen molar-refractivity contribution >= 4 is 17.4 Å². The van der Waals surface area contributed by atoms with Crippen LogP contribution in [0.5, 0.6) is 0 Å². The maximum absolute atomic E-state index is 12.9. The largest absolute Gasteiger partial charge is 0.416 e. The molecule has 4 rings (SSSR count). The average molecular weight is 390 g/mol. The van der Waals surface area contributed by atoms with Gasteiger partial charge in [0.25, 0.3) is 11.7 Å². The summed E-state index contributed by atoms with van der Waals surface area (Å²) in [7, 11) is 0. The van der Waals surface area contributed by atoms with Gasteiger partial charge in [0.05, 0.1) is 5.56 Å². The van der Waals surface area contributed by atoms with Gasteiger partial charge < -0.3 is 9.80 Å². The van der Waals surface area contributed by atoms with E-state index in [1.165, 1.54) is 10.6 Å². The molecule has 0 N–H and O–H groups in total. The fourth-order valence-electron chi connectivity index (χ4n) is 3.19. The maximum atomic E-state index is 12.9. The molecule has 7 nitrogen and oxygen atoms in total. The highest BCUT2D eigenvalue weighted by Gasteiger charge is 2.31. The van der Waals surface area contributed by atoms with Crippen LogP contribution in [-0.4, -0.2) is 56.6 Å². The van der Waals surface area contributed by atoms with Crippen LogP contribution in [0.1, 0.15) is 21.9 Å². The van der Waals surface area contributed by atoms with E-state index in [-0.39, 0.29) is 11.7 Å². The molecule has 10 heteroatoms. The summed E-state index contributed by atoms with van der Waals surface area (Å²) in [6.45, 7) is 3.44. The van der Waals surface area contributed by atoms with E-state index >= 15 is 0 Å². The van der Waals surface area contributed by atoms with Gasteiger partial charge in [0.15, 0.2) is 0 Å². The van der Waals surface area contributed by atoms with Crippen LogP contribution in [0, 0.1) is 6.92 Å². The quantitative estimate of drug-likeness (QED) is 0.672. The van der Waals surface area contributed by atoms with Crippen molar-refractivity contribution in [2.24, 2.45) is 0 Å². The first-order valence-corrected chi connectivity index (χ1v) is 8.73. The van der Waals surface area contributed by atoms with Crippen molar-refractivity contribution < 1.29 is 18.0 Å². The van der Waals surface area contributed by atoms with Gasteiger partial charge in [-0.15, -0.1) is 5.10 Å². The number of alkyl halides is 3. The predicted octanol–water partition coefficient (Wildman–Crippen LogP) is 2.41. The van der Waals surface area contributed by atoms with Crippen molar-refractivity contribution in [3.63, 3.8) is 0 Å². The molecule has 1 saturated heterocycles. The lowest BCUT2D eigenvalue weighted by Gasteiger charge is -2.35. The number of hydrogen-bond donors (Lipinski definition) is 0. The maximum Gasteiger partial charge on any atom is 0.416 e. The Hall–Kier alpha value is -3.17. The van der Waals surface area contributed by atoms with Crippen molar-refractivity contribution in [3.05, 3.63) is 53.6 Å². The topological polar surface area (TPSA) is 66.6 Å². The SMILES string of the molecule is Cc1ccnc2nc(C(=O)N3CCN(c4cccc(C(F)(F)F)c4)CC3)nn12. The summed E-state index contributed by atoms with van der Waals surface area (Å²) in [6, 6.07) is 6.99. The molecule has 1 amide bonds. The molecule has 0 saturated carbocycles. The van der Waals surface area contributed by atoms with Gasteiger partial charge in [-0.2, -0.15) is 18.2 Å². The van der Waals surface area contributed by atoms with Crippen LogP contribution in [0.4, 0.5) is 18.9 Å². The van der Waals surface area contributed by atoms with Gasteiger partial charge in [-0.05, 0) is 31.2 Å². The van der Waals surface area contributed by atoms with Gasteiger partial charge in [0, 0.05) is 43.8 Å². The number of amides is 1. The van der Waals surface area contributed by atoms with Gasteiger partial charge in [0.1, 0.15) is 0 Å². The molecular formula is C18H17F3N6O. The number of carbonyl (C=O) groups excluding carboxylic acids is 1. The van der Waals surface area contributed by atoms with E-state index in [0.29, 0.717) is 37.6 Å². The third-order valence-corrected chi connectivity index (χ3v) is 4.73. The first kappa shape index (κ1) is 18.2. The Morgan fingerprint density at radius 3 is 2.54 bits per heavy atom. The van der Waals surface area contributed by atoms with Crippen molar-refractivity contribution in [1.82, 2.24) is 24.5 Å². The molecule has 28 heavy (non-hydrogen) atoms. The third kappa shape index (κ3) is 3.37. The number of hydrogen-bond acceptors (Lipinski definition) is 5. The molecule has 2 aromatic heterocycles. The molecular weight excluding hydrogens is 373 g/mol. The average Bonchev–Trinajstić information content (AvgIpc) is 3.13. The van der Waals surface area contributed by atoms with E-state index in [2.05, 4.69) is 15.1 Å². The molecule has 0 radical (unpaired) electrons. The molecule has 1 fully saturated rings. The van der Waals surface area contributed by atoms with Crippen LogP contribution in [0.15, 0.2) is 36.5 Å². The van der Waals surface area contributed by atoms with E-state index < -0.39 is 11.7 Å². The van der Waals surface area contributed by atoms with Gasteiger partial charge in [0.2, 0.25) is 5.82 Å². The Morgan fingerprint density at radius 2 is 1.86 bits per heavy atom. The minimum atomic E-state index is -4.38. The monoisotopic (exact) mass is 390 g/mol. The smallest absolute Gasteiger partial charge is 0.368 e. The lowest BCUT2D eigenvalue weighted by Crippen LogP contribution is -2.49. The summed E-state index contributed by atoms with van der Waals surface area (Å²) in [6.07, 6.45) is -2.78. The summed E-state index contributed by atoms with van der Waals surface area (Å²) in [5.41, 5.74) is 0.624. The molecule has 0 unspecified atom stereocenters. The number of nitrogens with zero attached hydrogens (tertiary/aromatic N) is 6. The van der Waals surface area contributed by atoms with E-state index in [9.17, 15) is 18.0 Å². The van der Waals surface area contributed by atoms with Crippen molar-refractivity contribution in [3.8, 4) is 0 Å². The molecule has 1 aliphatic heterocycles. The van der Waals surface area contributed by atoms with Crippen LogP contribution < -0.4 is 4.90 Å². The van der Waals surface area contributed by atoms with Gasteiger partial charge >= 0.3 is 6.18 Å². The Kier molecular flexibility index (Phi) is 4.40. The number of carbonyl (C=O) groups is 1. The highest BCUT2D eigenvalue weighted by molar-refractivity contribution is 5.91. The number of fused-ring (bicyclic) bond motifs is 1. The van der Waals surface area contributed by atoms with Crippen LogP contribution in [0.3, 0.4) is 0 Å². The zero-order valence-corrected chi connectivity index (χ0v) is 15.0. The van der Waals surface area contributed by atoms with Gasteiger partial charge in [-0.1, -0.05) is 6.07 Å². The standard InChI is InChI=1S/C18H17F3N6O/c1-12-5-6-22-17-23-15(24-27(12)17)16(28)26-9-7-25(8-10-26)14-4-2-3-13(11-14)18(19,20)21/h2-6,11H,7-10H2,1H3. The molecule has 0 aliphatic carbocycles. The summed E-state index contributed by atoms with van der Waals surface area (Å²) in [5, 5.41) is 4.22. The first-order valence-electron chi connectivity index (χ1n) is 8.73. The number of aromatic nitrogens is 4. The highest BCUT2D eigenvalue weighted by atomic mass is 19.4. The zero-order valence-electron chi connectivity index (χ0n) is 15.0. The number of anilines is 1. The van der Waals surface area contributed by atoms with Crippen LogP contribution in [0.25, 0.3) is 5.78 Å². The number of benzene rings is 1. The number of aryl methyl sites for hydroxylation is 1. The normalized spacial score (nSPS) is 15.3. The Labute approximate surface area is 158 Å². The van der Waals surface area contributed by atoms with Crippen LogP contribution in [0.2, 0.25) is 0 Å². The molecule has 3 heterocycles. The number of piperazine rings is 1. The first-order chi connectivity index (χ1) is 13.3. The van der Waals surface area contributed by atoms with E-state index in [1.807, 2.05) is 11.8 Å². The third-order valence-electron chi connectivity index (χ3n) is 4.73. The second kappa shape index (κ2) is 6.77. The van der Waals surface area contributed by atoms with Crippen LogP contribution >= 0.6 is 0 Å². The number of rotatable bonds is 2. The second-order valence-corrected chi connectivity index (χ2v) is 6.56. The Bertz CT molecular complexity index is 1020. The molecule has 1 aromatic carbocycles. The molecule has 1 aliphatic rings. The lowest BCUT2D eigenvalue weighted by molar-refractivity contribution is -0.137. The molecule has 0 bridgehead atoms. The lowest BCUT2D eigenvalue weighted by atomic mass is 10.1. The van der Waals surface area contributed by atoms with Crippen molar-refractivity contribution in [1.29, 1.82) is 0 Å². The Balaban J connectivity index is 1.46. The molecule has 146 valence electrons. The molecule has 0 atom stereocenters. The fraction of sp³-hybridized carbons (Fsp3) is 0.333. The molecule has 0 spiro atoms. The fourth-order valence-corrected chi connectivity index (χ4v) is 3.19. The second-order valence-electron chi connectivity index (χ2n) is 6.56. The van der Waals surface area contributed by atoms with Gasteiger partial charge in [-0.25, -0.2) is 9.50 Å². The minimum absolute atomic E-state index is 0.0642. The zero-order chi connectivity index (χ0) is 19.9. The van der Waals surface area contributed by atoms with Crippen LogP contribution in [-0.2, 0) is 6.18 Å². The Morgan fingerprint density at radius 1 is 1.11 bits per heavy atom. The summed E-state index contributed by atoms with van der Waals surface area (Å²) >= 11 is 0.